The van der Waals surface area contributed by atoms with E-state index in [2.05, 4.69) is 4.72 Å². The third kappa shape index (κ3) is 3.49. The van der Waals surface area contributed by atoms with Crippen LogP contribution in [-0.2, 0) is 10.0 Å². The van der Waals surface area contributed by atoms with Crippen molar-refractivity contribution in [2.24, 2.45) is 5.92 Å². The monoisotopic (exact) mass is 285 g/mol. The number of benzene rings is 1. The van der Waals surface area contributed by atoms with Gasteiger partial charge in [-0.15, -0.1) is 0 Å². The fourth-order valence-corrected chi connectivity index (χ4v) is 4.68. The van der Waals surface area contributed by atoms with Crippen LogP contribution in [0.2, 0.25) is 0 Å². The Morgan fingerprint density at radius 3 is 2.61 bits per heavy atom. The number of sulfonamides is 1. The van der Waals surface area contributed by atoms with Gasteiger partial charge in [0.2, 0.25) is 10.0 Å². The molecule has 1 aromatic carbocycles. The average Bonchev–Trinajstić information content (AvgIpc) is 2.38. The van der Waals surface area contributed by atoms with Crippen LogP contribution in [0.1, 0.15) is 18.4 Å². The van der Waals surface area contributed by atoms with E-state index in [0.29, 0.717) is 17.4 Å². The zero-order valence-corrected chi connectivity index (χ0v) is 12.2. The summed E-state index contributed by atoms with van der Waals surface area (Å²) >= 11 is 1.95. The lowest BCUT2D eigenvalue weighted by Crippen LogP contribution is -2.31. The maximum absolute atomic E-state index is 12.2. The molecule has 0 aromatic heterocycles. The molecule has 100 valence electrons. The Morgan fingerprint density at radius 2 is 1.94 bits per heavy atom. The topological polar surface area (TPSA) is 46.2 Å². The summed E-state index contributed by atoms with van der Waals surface area (Å²) in [5.41, 5.74) is 0.796. The molecule has 0 saturated carbocycles. The Labute approximate surface area is 113 Å². The van der Waals surface area contributed by atoms with Gasteiger partial charge in [-0.05, 0) is 48.8 Å². The number of thioether (sulfide) groups is 1. The first-order valence-corrected chi connectivity index (χ1v) is 8.86. The van der Waals surface area contributed by atoms with E-state index < -0.39 is 10.0 Å². The maximum atomic E-state index is 12.2. The van der Waals surface area contributed by atoms with Gasteiger partial charge in [-0.25, -0.2) is 13.1 Å². The fraction of sp³-hybridized carbons (Fsp3) is 0.538. The van der Waals surface area contributed by atoms with Crippen molar-refractivity contribution < 1.29 is 8.42 Å². The first kappa shape index (κ1) is 13.9. The van der Waals surface area contributed by atoms with Gasteiger partial charge in [0, 0.05) is 6.54 Å². The predicted molar refractivity (Wildman–Crippen MR) is 76.4 cm³/mol. The molecule has 0 amide bonds. The molecule has 1 N–H and O–H groups in total. The zero-order chi connectivity index (χ0) is 13.0. The molecule has 1 fully saturated rings. The van der Waals surface area contributed by atoms with E-state index in [9.17, 15) is 8.42 Å². The molecule has 3 nitrogen and oxygen atoms in total. The molecule has 0 unspecified atom stereocenters. The van der Waals surface area contributed by atoms with E-state index in [1.165, 1.54) is 0 Å². The van der Waals surface area contributed by atoms with Gasteiger partial charge in [-0.1, -0.05) is 18.2 Å². The highest BCUT2D eigenvalue weighted by molar-refractivity contribution is 7.99. The molecule has 5 heteroatoms. The highest BCUT2D eigenvalue weighted by Crippen LogP contribution is 2.22. The van der Waals surface area contributed by atoms with Crippen LogP contribution in [0, 0.1) is 12.8 Å². The molecule has 1 aromatic rings. The van der Waals surface area contributed by atoms with Crippen molar-refractivity contribution in [2.45, 2.75) is 24.7 Å². The van der Waals surface area contributed by atoms with E-state index in [1.807, 2.05) is 30.8 Å². The smallest absolute Gasteiger partial charge is 0.211 e. The normalized spacial score (nSPS) is 17.8. The van der Waals surface area contributed by atoms with Crippen LogP contribution >= 0.6 is 11.8 Å². The zero-order valence-electron chi connectivity index (χ0n) is 10.6. The molecule has 0 bridgehead atoms. The van der Waals surface area contributed by atoms with Crippen molar-refractivity contribution in [1.29, 1.82) is 0 Å². The third-order valence-electron chi connectivity index (χ3n) is 3.29. The largest absolute Gasteiger partial charge is 0.240 e. The van der Waals surface area contributed by atoms with Crippen molar-refractivity contribution in [3.05, 3.63) is 29.8 Å². The first-order valence-electron chi connectivity index (χ1n) is 6.22. The van der Waals surface area contributed by atoms with Gasteiger partial charge >= 0.3 is 0 Å². The van der Waals surface area contributed by atoms with Gasteiger partial charge in [-0.3, -0.25) is 0 Å². The first-order chi connectivity index (χ1) is 8.59. The second-order valence-corrected chi connectivity index (χ2v) is 7.63. The van der Waals surface area contributed by atoms with E-state index in [1.54, 1.807) is 12.1 Å². The van der Waals surface area contributed by atoms with Gasteiger partial charge in [0.1, 0.15) is 0 Å². The molecule has 0 radical (unpaired) electrons. The summed E-state index contributed by atoms with van der Waals surface area (Å²) < 4.78 is 27.1. The minimum atomic E-state index is -3.35. The van der Waals surface area contributed by atoms with Crippen LogP contribution in [0.4, 0.5) is 0 Å². The Hall–Kier alpha value is -0.520. The molecule has 0 spiro atoms. The maximum Gasteiger partial charge on any atom is 0.240 e. The van der Waals surface area contributed by atoms with Crippen molar-refractivity contribution >= 4 is 21.8 Å². The Bertz CT molecular complexity index is 493. The fourth-order valence-electron chi connectivity index (χ4n) is 2.11. The van der Waals surface area contributed by atoms with E-state index in [0.717, 1.165) is 29.9 Å². The average molecular weight is 285 g/mol. The highest BCUT2D eigenvalue weighted by Gasteiger charge is 2.19. The summed E-state index contributed by atoms with van der Waals surface area (Å²) in [6.45, 7) is 2.39. The lowest BCUT2D eigenvalue weighted by atomic mass is 10.0. The van der Waals surface area contributed by atoms with Gasteiger partial charge in [0.05, 0.1) is 4.90 Å². The molecule has 1 aliphatic rings. The van der Waals surface area contributed by atoms with Crippen LogP contribution in [0.15, 0.2) is 29.2 Å². The molecule has 0 atom stereocenters. The summed E-state index contributed by atoms with van der Waals surface area (Å²) in [4.78, 5) is 0.398. The minimum Gasteiger partial charge on any atom is -0.211 e. The van der Waals surface area contributed by atoms with E-state index in [-0.39, 0.29) is 0 Å². The van der Waals surface area contributed by atoms with Crippen LogP contribution < -0.4 is 4.72 Å². The number of hydrogen-bond donors (Lipinski definition) is 1. The van der Waals surface area contributed by atoms with Crippen molar-refractivity contribution in [3.8, 4) is 0 Å². The second kappa shape index (κ2) is 6.08. The minimum absolute atomic E-state index is 0.398. The van der Waals surface area contributed by atoms with Gasteiger partial charge < -0.3 is 0 Å². The van der Waals surface area contributed by atoms with Crippen LogP contribution in [0.3, 0.4) is 0 Å². The third-order valence-corrected chi connectivity index (χ3v) is 5.92. The Balaban J connectivity index is 2.01. The van der Waals surface area contributed by atoms with Crippen LogP contribution in [-0.4, -0.2) is 26.5 Å². The van der Waals surface area contributed by atoms with Crippen molar-refractivity contribution in [1.82, 2.24) is 4.72 Å². The van der Waals surface area contributed by atoms with Crippen LogP contribution in [0.25, 0.3) is 0 Å². The number of rotatable bonds is 4. The SMILES string of the molecule is Cc1ccccc1S(=O)(=O)NCC1CCSCC1. The number of nitrogens with one attached hydrogen (secondary N) is 1. The Morgan fingerprint density at radius 1 is 1.28 bits per heavy atom. The van der Waals surface area contributed by atoms with Gasteiger partial charge in [-0.2, -0.15) is 11.8 Å². The molecular weight excluding hydrogens is 266 g/mol. The van der Waals surface area contributed by atoms with Gasteiger partial charge in [0.15, 0.2) is 0 Å². The molecule has 1 heterocycles. The number of aryl methyl sites for hydroxylation is 1. The molecule has 18 heavy (non-hydrogen) atoms. The van der Waals surface area contributed by atoms with Crippen molar-refractivity contribution in [3.63, 3.8) is 0 Å². The predicted octanol–water partition coefficient (Wildman–Crippen LogP) is 2.42. The Kier molecular flexibility index (Phi) is 4.70. The van der Waals surface area contributed by atoms with E-state index in [4.69, 9.17) is 0 Å². The summed E-state index contributed by atoms with van der Waals surface area (Å²) in [6, 6.07) is 7.10. The lowest BCUT2D eigenvalue weighted by Gasteiger charge is -2.21. The summed E-state index contributed by atoms with van der Waals surface area (Å²) in [5, 5.41) is 0. The molecule has 1 aliphatic heterocycles. The summed E-state index contributed by atoms with van der Waals surface area (Å²) in [5.74, 6) is 2.79. The molecular formula is C13H19NO2S2. The summed E-state index contributed by atoms with van der Waals surface area (Å²) in [7, 11) is -3.35. The lowest BCUT2D eigenvalue weighted by molar-refractivity contribution is 0.476. The molecule has 0 aliphatic carbocycles. The van der Waals surface area contributed by atoms with Crippen LogP contribution in [0.5, 0.6) is 0 Å². The van der Waals surface area contributed by atoms with Crippen molar-refractivity contribution in [2.75, 3.05) is 18.1 Å². The second-order valence-electron chi connectivity index (χ2n) is 4.67. The molecule has 1 saturated heterocycles. The standard InChI is InChI=1S/C13H19NO2S2/c1-11-4-2-3-5-13(11)18(15,16)14-10-12-6-8-17-9-7-12/h2-5,12,14H,6-10H2,1H3. The highest BCUT2D eigenvalue weighted by atomic mass is 32.2. The van der Waals surface area contributed by atoms with E-state index >= 15 is 0 Å². The van der Waals surface area contributed by atoms with Gasteiger partial charge in [0.25, 0.3) is 0 Å². The summed E-state index contributed by atoms with van der Waals surface area (Å²) in [6.07, 6.45) is 2.22. The number of hydrogen-bond acceptors (Lipinski definition) is 3. The quantitative estimate of drug-likeness (QED) is 0.924. The molecule has 2 rings (SSSR count).